The van der Waals surface area contributed by atoms with Crippen molar-refractivity contribution in [3.05, 3.63) is 59.3 Å². The molecular formula is C35H50O8. The number of aliphatic hydroxyl groups is 3. The van der Waals surface area contributed by atoms with E-state index in [1.54, 1.807) is 25.2 Å². The summed E-state index contributed by atoms with van der Waals surface area (Å²) in [5.74, 6) is -2.44. The third-order valence-electron chi connectivity index (χ3n) is 10.4. The zero-order chi connectivity index (χ0) is 31.3. The van der Waals surface area contributed by atoms with Crippen LogP contribution in [0.2, 0.25) is 0 Å². The molecule has 1 spiro atoms. The Bertz CT molecular complexity index is 1230. The van der Waals surface area contributed by atoms with Crippen molar-refractivity contribution in [2.75, 3.05) is 6.61 Å². The standard InChI is InChI=1S/C35H50O8/c1-8-20(2)30-23(5)13-15-34(42-30)18-26-17-33(7,43-34)14-12-22(4)28(36)21(3)10-9-11-25-19-40-31-29(37)24(6)16-27(32(38)41-26)35(25,31)39/h9-13,15-16,20-21,23,26-31,36-37,39H,8,14,17-19H2,1-7H3/b10-9+,22-12+,25-11+/t20?,21-,23-,26-,27-,28-,29+,30+,31+,33+,34-,35+/m0/s1. The van der Waals surface area contributed by atoms with Gasteiger partial charge < -0.3 is 34.3 Å². The van der Waals surface area contributed by atoms with E-state index in [4.69, 9.17) is 18.9 Å². The molecule has 8 heteroatoms. The maximum atomic E-state index is 14.1. The molecule has 5 rings (SSSR count). The normalized spacial score (nSPS) is 49.2. The predicted molar refractivity (Wildman–Crippen MR) is 163 cm³/mol. The van der Waals surface area contributed by atoms with Crippen LogP contribution in [0.3, 0.4) is 0 Å². The van der Waals surface area contributed by atoms with E-state index in [-0.39, 0.29) is 24.5 Å². The molecule has 0 amide bonds. The number of aliphatic hydroxyl groups excluding tert-OH is 2. The van der Waals surface area contributed by atoms with E-state index in [9.17, 15) is 20.1 Å². The van der Waals surface area contributed by atoms with Gasteiger partial charge in [-0.2, -0.15) is 0 Å². The van der Waals surface area contributed by atoms with Gasteiger partial charge in [0.1, 0.15) is 29.8 Å². The first-order valence-corrected chi connectivity index (χ1v) is 15.9. The fraction of sp³-hybridized carbons (Fsp3) is 0.686. The van der Waals surface area contributed by atoms with Crippen LogP contribution in [-0.4, -0.2) is 75.4 Å². The summed E-state index contributed by atoms with van der Waals surface area (Å²) in [7, 11) is 0. The van der Waals surface area contributed by atoms with Crippen molar-refractivity contribution in [3.63, 3.8) is 0 Å². The van der Waals surface area contributed by atoms with Gasteiger partial charge in [-0.1, -0.05) is 70.6 Å². The lowest BCUT2D eigenvalue weighted by Crippen LogP contribution is -2.59. The van der Waals surface area contributed by atoms with E-state index >= 15 is 0 Å². The third-order valence-corrected chi connectivity index (χ3v) is 10.4. The first kappa shape index (κ1) is 32.3. The predicted octanol–water partition coefficient (Wildman–Crippen LogP) is 4.70. The Balaban J connectivity index is 1.58. The number of fused-ring (bicyclic) bond motifs is 2. The minimum Gasteiger partial charge on any atom is -0.461 e. The molecule has 0 aromatic rings. The maximum absolute atomic E-state index is 14.1. The lowest BCUT2D eigenvalue weighted by Gasteiger charge is -2.51. The second kappa shape index (κ2) is 12.0. The molecule has 5 aliphatic rings. The largest absolute Gasteiger partial charge is 0.461 e. The summed E-state index contributed by atoms with van der Waals surface area (Å²) >= 11 is 0. The summed E-state index contributed by atoms with van der Waals surface area (Å²) < 4.78 is 25.8. The molecule has 2 saturated heterocycles. The molecule has 2 fully saturated rings. The number of allylic oxidation sites excluding steroid dienone is 2. The van der Waals surface area contributed by atoms with Crippen molar-refractivity contribution >= 4 is 5.97 Å². The molecule has 3 N–H and O–H groups in total. The van der Waals surface area contributed by atoms with E-state index in [2.05, 4.69) is 26.8 Å². The van der Waals surface area contributed by atoms with Crippen LogP contribution in [0.15, 0.2) is 59.3 Å². The van der Waals surface area contributed by atoms with Gasteiger partial charge in [-0.05, 0) is 55.9 Å². The average Bonchev–Trinajstić information content (AvgIpc) is 3.30. The molecule has 12 atom stereocenters. The Morgan fingerprint density at radius 2 is 1.81 bits per heavy atom. The molecule has 1 aliphatic carbocycles. The van der Waals surface area contributed by atoms with Crippen molar-refractivity contribution < 1.29 is 39.1 Å². The van der Waals surface area contributed by atoms with Crippen LogP contribution < -0.4 is 0 Å². The van der Waals surface area contributed by atoms with Crippen LogP contribution in [0, 0.1) is 23.7 Å². The van der Waals surface area contributed by atoms with Gasteiger partial charge >= 0.3 is 5.97 Å². The van der Waals surface area contributed by atoms with Crippen molar-refractivity contribution in [1.29, 1.82) is 0 Å². The van der Waals surface area contributed by atoms with Gasteiger partial charge in [0.05, 0.1) is 24.4 Å². The van der Waals surface area contributed by atoms with Gasteiger partial charge in [0, 0.05) is 24.7 Å². The first-order valence-electron chi connectivity index (χ1n) is 15.9. The highest BCUT2D eigenvalue weighted by Crippen LogP contribution is 2.48. The minimum absolute atomic E-state index is 0.0616. The molecule has 238 valence electrons. The van der Waals surface area contributed by atoms with E-state index in [1.807, 2.05) is 39.0 Å². The number of rotatable bonds is 2. The molecule has 43 heavy (non-hydrogen) atoms. The van der Waals surface area contributed by atoms with Crippen molar-refractivity contribution in [1.82, 2.24) is 0 Å². The topological polar surface area (TPSA) is 115 Å². The number of carbonyl (C=O) groups is 1. The van der Waals surface area contributed by atoms with Gasteiger partial charge in [-0.25, -0.2) is 0 Å². The summed E-state index contributed by atoms with van der Waals surface area (Å²) in [6.07, 6.45) is 11.9. The van der Waals surface area contributed by atoms with Gasteiger partial charge in [0.15, 0.2) is 5.79 Å². The highest BCUT2D eigenvalue weighted by molar-refractivity contribution is 5.78. The number of hydrogen-bond donors (Lipinski definition) is 3. The van der Waals surface area contributed by atoms with Crippen LogP contribution >= 0.6 is 0 Å². The SMILES string of the molecule is CCC(C)[C@H]1O[C@]2(C=C[C@@H]1C)C[C@@H]1C[C@@](C)(C/C=C(\C)[C@@H](O)[C@@H](C)/C=C/C=C3\CO[C@@H]4[C@H](O)C(C)=C[C@@H](C(=O)O1)[C@]34O)O2. The van der Waals surface area contributed by atoms with E-state index < -0.39 is 53.3 Å². The average molecular weight is 599 g/mol. The summed E-state index contributed by atoms with van der Waals surface area (Å²) in [5.41, 5.74) is -0.686. The molecular weight excluding hydrogens is 548 g/mol. The highest BCUT2D eigenvalue weighted by Gasteiger charge is 2.60. The molecule has 0 aromatic heterocycles. The number of esters is 1. The fourth-order valence-electron chi connectivity index (χ4n) is 7.48. The highest BCUT2D eigenvalue weighted by atomic mass is 16.7. The summed E-state index contributed by atoms with van der Waals surface area (Å²) in [6.45, 7) is 14.1. The molecule has 8 nitrogen and oxygen atoms in total. The molecule has 4 aliphatic heterocycles. The Labute approximate surface area is 256 Å². The zero-order valence-electron chi connectivity index (χ0n) is 26.7. The zero-order valence-corrected chi connectivity index (χ0v) is 26.7. The Kier molecular flexibility index (Phi) is 9.04. The second-order valence-corrected chi connectivity index (χ2v) is 13.9. The summed E-state index contributed by atoms with van der Waals surface area (Å²) in [4.78, 5) is 14.1. The number of ether oxygens (including phenoxy) is 4. The van der Waals surface area contributed by atoms with Gasteiger partial charge in [-0.3, -0.25) is 4.79 Å². The van der Waals surface area contributed by atoms with Crippen LogP contribution in [-0.2, 0) is 23.7 Å². The molecule has 0 aromatic carbocycles. The molecule has 0 saturated carbocycles. The van der Waals surface area contributed by atoms with Crippen LogP contribution in [0.1, 0.15) is 74.1 Å². The molecule has 4 heterocycles. The lowest BCUT2D eigenvalue weighted by atomic mass is 9.71. The Hall–Kier alpha value is -2.07. The fourth-order valence-corrected chi connectivity index (χ4v) is 7.48. The monoisotopic (exact) mass is 598 g/mol. The van der Waals surface area contributed by atoms with Crippen LogP contribution in [0.5, 0.6) is 0 Å². The third kappa shape index (κ3) is 5.99. The van der Waals surface area contributed by atoms with Crippen molar-refractivity contribution in [2.45, 2.75) is 122 Å². The summed E-state index contributed by atoms with van der Waals surface area (Å²) in [5, 5.41) is 34.2. The Morgan fingerprint density at radius 1 is 1.07 bits per heavy atom. The smallest absolute Gasteiger partial charge is 0.316 e. The molecule has 2 bridgehead atoms. The Morgan fingerprint density at radius 3 is 2.53 bits per heavy atom. The second-order valence-electron chi connectivity index (χ2n) is 13.9. The quantitative estimate of drug-likeness (QED) is 0.310. The van der Waals surface area contributed by atoms with Gasteiger partial charge in [0.2, 0.25) is 0 Å². The van der Waals surface area contributed by atoms with Crippen molar-refractivity contribution in [3.8, 4) is 0 Å². The minimum atomic E-state index is -1.78. The van der Waals surface area contributed by atoms with E-state index in [1.165, 1.54) is 0 Å². The summed E-state index contributed by atoms with van der Waals surface area (Å²) in [6, 6.07) is 0. The maximum Gasteiger partial charge on any atom is 0.316 e. The van der Waals surface area contributed by atoms with E-state index in [0.717, 1.165) is 12.0 Å². The van der Waals surface area contributed by atoms with Crippen LogP contribution in [0.25, 0.3) is 0 Å². The van der Waals surface area contributed by atoms with Gasteiger partial charge in [-0.15, -0.1) is 0 Å². The van der Waals surface area contributed by atoms with Crippen molar-refractivity contribution in [2.24, 2.45) is 23.7 Å². The molecule has 0 radical (unpaired) electrons. The van der Waals surface area contributed by atoms with Gasteiger partial charge in [0.25, 0.3) is 0 Å². The van der Waals surface area contributed by atoms with E-state index in [0.29, 0.717) is 36.3 Å². The first-order chi connectivity index (χ1) is 20.2. The molecule has 1 unspecified atom stereocenters. The number of hydrogen-bond acceptors (Lipinski definition) is 8. The lowest BCUT2D eigenvalue weighted by molar-refractivity contribution is -0.325. The number of carbonyl (C=O) groups excluding carboxylic acids is 1. The van der Waals surface area contributed by atoms with Crippen LogP contribution in [0.4, 0.5) is 0 Å².